The van der Waals surface area contributed by atoms with Crippen molar-refractivity contribution in [2.75, 3.05) is 6.54 Å². The first-order chi connectivity index (χ1) is 9.11. The van der Waals surface area contributed by atoms with Gasteiger partial charge in [-0.05, 0) is 49.7 Å². The van der Waals surface area contributed by atoms with E-state index in [0.29, 0.717) is 24.2 Å². The zero-order valence-electron chi connectivity index (χ0n) is 11.1. The van der Waals surface area contributed by atoms with Crippen molar-refractivity contribution in [1.82, 2.24) is 4.90 Å². The number of rotatable bonds is 4. The molecule has 1 aromatic carbocycles. The summed E-state index contributed by atoms with van der Waals surface area (Å²) in [5, 5.41) is 9.49. The number of aryl methyl sites for hydroxylation is 1. The largest absolute Gasteiger partial charge is 0.508 e. The lowest BCUT2D eigenvalue weighted by Gasteiger charge is -2.20. The Bertz CT molecular complexity index is 561. The highest BCUT2D eigenvalue weighted by Crippen LogP contribution is 2.19. The van der Waals surface area contributed by atoms with Crippen LogP contribution in [-0.2, 0) is 6.54 Å². The van der Waals surface area contributed by atoms with E-state index >= 15 is 0 Å². The molecule has 1 amide bonds. The Morgan fingerprint density at radius 3 is 2.74 bits per heavy atom. The Labute approximate surface area is 112 Å². The minimum absolute atomic E-state index is 0.0676. The van der Waals surface area contributed by atoms with Gasteiger partial charge in [-0.2, -0.15) is 0 Å². The van der Waals surface area contributed by atoms with Crippen LogP contribution in [0.1, 0.15) is 28.6 Å². The molecule has 0 bridgehead atoms. The van der Waals surface area contributed by atoms with Gasteiger partial charge in [0, 0.05) is 12.1 Å². The van der Waals surface area contributed by atoms with E-state index in [0.717, 1.165) is 5.76 Å². The minimum atomic E-state index is -0.0676. The van der Waals surface area contributed by atoms with Crippen LogP contribution in [0.15, 0.2) is 41.0 Å². The van der Waals surface area contributed by atoms with Gasteiger partial charge in [-0.1, -0.05) is 0 Å². The van der Waals surface area contributed by atoms with Crippen molar-refractivity contribution in [2.45, 2.75) is 20.4 Å². The van der Waals surface area contributed by atoms with Gasteiger partial charge in [0.05, 0.1) is 12.8 Å². The molecular formula is C15H17NO3. The van der Waals surface area contributed by atoms with Crippen molar-refractivity contribution < 1.29 is 14.3 Å². The van der Waals surface area contributed by atoms with Crippen LogP contribution in [0.25, 0.3) is 0 Å². The maximum atomic E-state index is 12.4. The average molecular weight is 259 g/mol. The van der Waals surface area contributed by atoms with Crippen molar-refractivity contribution in [1.29, 1.82) is 0 Å². The van der Waals surface area contributed by atoms with Crippen LogP contribution in [0.4, 0.5) is 0 Å². The van der Waals surface area contributed by atoms with Crippen LogP contribution in [0.5, 0.6) is 5.75 Å². The summed E-state index contributed by atoms with van der Waals surface area (Å²) in [5.74, 6) is 0.887. The fraction of sp³-hybridized carbons (Fsp3) is 0.267. The molecule has 1 heterocycles. The third kappa shape index (κ3) is 2.96. The molecule has 0 aliphatic carbocycles. The monoisotopic (exact) mass is 259 g/mol. The third-order valence-corrected chi connectivity index (χ3v) is 3.04. The Morgan fingerprint density at radius 1 is 1.37 bits per heavy atom. The third-order valence-electron chi connectivity index (χ3n) is 3.04. The summed E-state index contributed by atoms with van der Waals surface area (Å²) < 4.78 is 5.26. The fourth-order valence-electron chi connectivity index (χ4n) is 1.89. The van der Waals surface area contributed by atoms with Gasteiger partial charge in [0.15, 0.2) is 0 Å². The van der Waals surface area contributed by atoms with Crippen LogP contribution in [0.2, 0.25) is 0 Å². The summed E-state index contributed by atoms with van der Waals surface area (Å²) in [6, 6.07) is 8.53. The number of nitrogens with zero attached hydrogens (tertiary/aromatic N) is 1. The quantitative estimate of drug-likeness (QED) is 0.918. The molecule has 0 unspecified atom stereocenters. The van der Waals surface area contributed by atoms with Crippen LogP contribution in [0.3, 0.4) is 0 Å². The molecule has 0 saturated carbocycles. The molecule has 0 fully saturated rings. The SMILES string of the molecule is CCN(Cc1ccco1)C(=O)c1ccc(O)c(C)c1. The van der Waals surface area contributed by atoms with Crippen molar-refractivity contribution in [3.05, 3.63) is 53.5 Å². The molecule has 0 radical (unpaired) electrons. The number of hydrogen-bond acceptors (Lipinski definition) is 3. The molecule has 0 aliphatic rings. The van der Waals surface area contributed by atoms with E-state index in [4.69, 9.17) is 4.42 Å². The van der Waals surface area contributed by atoms with E-state index in [1.54, 1.807) is 42.4 Å². The van der Waals surface area contributed by atoms with E-state index in [1.807, 2.05) is 13.0 Å². The van der Waals surface area contributed by atoms with E-state index in [1.165, 1.54) is 0 Å². The zero-order valence-corrected chi connectivity index (χ0v) is 11.1. The standard InChI is InChI=1S/C15H17NO3/c1-3-16(10-13-5-4-8-19-13)15(18)12-6-7-14(17)11(2)9-12/h4-9,17H,3,10H2,1-2H3. The molecule has 0 atom stereocenters. The summed E-state index contributed by atoms with van der Waals surface area (Å²) in [7, 11) is 0. The van der Waals surface area contributed by atoms with Crippen LogP contribution in [-0.4, -0.2) is 22.5 Å². The van der Waals surface area contributed by atoms with Gasteiger partial charge in [-0.3, -0.25) is 4.79 Å². The lowest BCUT2D eigenvalue weighted by Crippen LogP contribution is -2.30. The number of aromatic hydroxyl groups is 1. The van der Waals surface area contributed by atoms with E-state index in [2.05, 4.69) is 0 Å². The normalized spacial score (nSPS) is 10.4. The van der Waals surface area contributed by atoms with Crippen molar-refractivity contribution in [3.63, 3.8) is 0 Å². The number of phenolic OH excluding ortho intramolecular Hbond substituents is 1. The van der Waals surface area contributed by atoms with Crippen LogP contribution < -0.4 is 0 Å². The summed E-state index contributed by atoms with van der Waals surface area (Å²) in [6.45, 7) is 4.74. The number of phenols is 1. The van der Waals surface area contributed by atoms with Gasteiger partial charge in [-0.25, -0.2) is 0 Å². The highest BCUT2D eigenvalue weighted by Gasteiger charge is 2.16. The molecule has 0 aliphatic heterocycles. The number of carbonyl (C=O) groups excluding carboxylic acids is 1. The minimum Gasteiger partial charge on any atom is -0.508 e. The molecule has 2 aromatic rings. The van der Waals surface area contributed by atoms with Gasteiger partial charge < -0.3 is 14.4 Å². The maximum Gasteiger partial charge on any atom is 0.254 e. The zero-order chi connectivity index (χ0) is 13.8. The first kappa shape index (κ1) is 13.2. The second-order valence-corrected chi connectivity index (χ2v) is 4.40. The Balaban J connectivity index is 2.18. The van der Waals surface area contributed by atoms with Gasteiger partial charge in [-0.15, -0.1) is 0 Å². The molecule has 100 valence electrons. The fourth-order valence-corrected chi connectivity index (χ4v) is 1.89. The highest BCUT2D eigenvalue weighted by molar-refractivity contribution is 5.94. The average Bonchev–Trinajstić information content (AvgIpc) is 2.91. The number of amides is 1. The number of carbonyl (C=O) groups is 1. The highest BCUT2D eigenvalue weighted by atomic mass is 16.3. The van der Waals surface area contributed by atoms with E-state index in [9.17, 15) is 9.90 Å². The van der Waals surface area contributed by atoms with Crippen molar-refractivity contribution in [3.8, 4) is 5.75 Å². The molecule has 0 saturated heterocycles. The first-order valence-corrected chi connectivity index (χ1v) is 6.23. The molecule has 4 heteroatoms. The molecule has 1 aromatic heterocycles. The number of hydrogen-bond donors (Lipinski definition) is 1. The molecular weight excluding hydrogens is 242 g/mol. The van der Waals surface area contributed by atoms with Crippen molar-refractivity contribution in [2.24, 2.45) is 0 Å². The molecule has 4 nitrogen and oxygen atoms in total. The summed E-state index contributed by atoms with van der Waals surface area (Å²) in [4.78, 5) is 14.1. The molecule has 19 heavy (non-hydrogen) atoms. The molecule has 2 rings (SSSR count). The predicted octanol–water partition coefficient (Wildman–Crippen LogP) is 2.96. The van der Waals surface area contributed by atoms with Gasteiger partial charge in [0.1, 0.15) is 11.5 Å². The number of benzene rings is 1. The summed E-state index contributed by atoms with van der Waals surface area (Å²) >= 11 is 0. The second kappa shape index (κ2) is 5.61. The maximum absolute atomic E-state index is 12.4. The Kier molecular flexibility index (Phi) is 3.90. The number of furan rings is 1. The smallest absolute Gasteiger partial charge is 0.254 e. The van der Waals surface area contributed by atoms with Crippen molar-refractivity contribution >= 4 is 5.91 Å². The molecule has 1 N–H and O–H groups in total. The topological polar surface area (TPSA) is 53.7 Å². The van der Waals surface area contributed by atoms with Gasteiger partial charge in [0.2, 0.25) is 0 Å². The van der Waals surface area contributed by atoms with Crippen LogP contribution in [0, 0.1) is 6.92 Å². The summed E-state index contributed by atoms with van der Waals surface area (Å²) in [6.07, 6.45) is 1.60. The lowest BCUT2D eigenvalue weighted by molar-refractivity contribution is 0.0741. The van der Waals surface area contributed by atoms with E-state index in [-0.39, 0.29) is 11.7 Å². The first-order valence-electron chi connectivity index (χ1n) is 6.23. The second-order valence-electron chi connectivity index (χ2n) is 4.40. The lowest BCUT2D eigenvalue weighted by atomic mass is 10.1. The Morgan fingerprint density at radius 2 is 2.16 bits per heavy atom. The molecule has 0 spiro atoms. The Hall–Kier alpha value is -2.23. The predicted molar refractivity (Wildman–Crippen MR) is 72.0 cm³/mol. The van der Waals surface area contributed by atoms with Crippen LogP contribution >= 0.6 is 0 Å². The van der Waals surface area contributed by atoms with Gasteiger partial charge in [0.25, 0.3) is 5.91 Å². The van der Waals surface area contributed by atoms with E-state index < -0.39 is 0 Å². The summed E-state index contributed by atoms with van der Waals surface area (Å²) in [5.41, 5.74) is 1.27. The van der Waals surface area contributed by atoms with Gasteiger partial charge >= 0.3 is 0 Å².